The Balaban J connectivity index is 1.72. The van der Waals surface area contributed by atoms with Crippen molar-refractivity contribution in [3.63, 3.8) is 0 Å². The molecule has 3 aromatic rings. The van der Waals surface area contributed by atoms with E-state index in [0.717, 1.165) is 42.2 Å². The monoisotopic (exact) mass is 365 g/mol. The van der Waals surface area contributed by atoms with Gasteiger partial charge >= 0.3 is 0 Å². The van der Waals surface area contributed by atoms with Crippen LogP contribution in [0.1, 0.15) is 52.0 Å². The maximum Gasteiger partial charge on any atom is 0.190 e. The average molecular weight is 365 g/mol. The van der Waals surface area contributed by atoms with Crippen LogP contribution in [-0.4, -0.2) is 25.2 Å². The summed E-state index contributed by atoms with van der Waals surface area (Å²) in [6.07, 6.45) is 10.5. The maximum absolute atomic E-state index is 12.5. The Hall–Kier alpha value is -2.14. The number of rotatable bonds is 2. The topological polar surface area (TPSA) is 70.9 Å². The highest BCUT2D eigenvalue weighted by molar-refractivity contribution is 6.02. The number of aromatic nitrogens is 3. The van der Waals surface area contributed by atoms with Crippen LogP contribution < -0.4 is 5.43 Å². The van der Waals surface area contributed by atoms with Gasteiger partial charge in [0.05, 0.1) is 16.5 Å². The molecule has 5 nitrogen and oxygen atoms in total. The van der Waals surface area contributed by atoms with E-state index in [2.05, 4.69) is 28.4 Å². The number of aromatic amines is 1. The van der Waals surface area contributed by atoms with Gasteiger partial charge in [-0.05, 0) is 55.9 Å². The zero-order chi connectivity index (χ0) is 18.8. The van der Waals surface area contributed by atoms with E-state index in [9.17, 15) is 9.90 Å². The van der Waals surface area contributed by atoms with Gasteiger partial charge in [-0.2, -0.15) is 0 Å². The number of hydrogen-bond donors (Lipinski definition) is 2. The molecule has 2 bridgehead atoms. The predicted octanol–water partition coefficient (Wildman–Crippen LogP) is 4.02. The summed E-state index contributed by atoms with van der Waals surface area (Å²) >= 11 is 0. The number of H-pyrrole nitrogens is 1. The standard InChI is InChI=1S/C22H27N3O2/c1-3-22(27)10-14-8-13(2)19(15(9-14)11-22)25-7-5-18(26)17-12-24-21-16(20(17)25)4-6-23-21/h4-7,12-15,19,27H,3,8-11H2,1-2H3,(H,23,24). The van der Waals surface area contributed by atoms with E-state index in [4.69, 9.17) is 0 Å². The van der Waals surface area contributed by atoms with Crippen LogP contribution in [0, 0.1) is 17.8 Å². The van der Waals surface area contributed by atoms with Gasteiger partial charge in [0.15, 0.2) is 5.43 Å². The molecule has 5 unspecified atom stereocenters. The molecule has 0 radical (unpaired) electrons. The number of nitrogens with zero attached hydrogens (tertiary/aromatic N) is 2. The van der Waals surface area contributed by atoms with E-state index < -0.39 is 5.60 Å². The van der Waals surface area contributed by atoms with Gasteiger partial charge in [-0.25, -0.2) is 4.98 Å². The van der Waals surface area contributed by atoms with Gasteiger partial charge in [-0.15, -0.1) is 0 Å². The van der Waals surface area contributed by atoms with Crippen molar-refractivity contribution in [1.29, 1.82) is 0 Å². The summed E-state index contributed by atoms with van der Waals surface area (Å²) in [5.74, 6) is 1.56. The quantitative estimate of drug-likeness (QED) is 0.721. The summed E-state index contributed by atoms with van der Waals surface area (Å²) in [6.45, 7) is 4.43. The Morgan fingerprint density at radius 3 is 2.96 bits per heavy atom. The van der Waals surface area contributed by atoms with Crippen molar-refractivity contribution in [3.8, 4) is 0 Å². The molecule has 2 aliphatic carbocycles. The first kappa shape index (κ1) is 17.0. The third-order valence-corrected chi connectivity index (χ3v) is 7.17. The van der Waals surface area contributed by atoms with E-state index in [1.54, 1.807) is 12.3 Å². The lowest BCUT2D eigenvalue weighted by molar-refractivity contribution is -0.0780. The molecule has 0 saturated heterocycles. The van der Waals surface area contributed by atoms with Crippen molar-refractivity contribution in [3.05, 3.63) is 40.9 Å². The second-order valence-electron chi connectivity index (χ2n) is 8.90. The molecule has 5 heteroatoms. The summed E-state index contributed by atoms with van der Waals surface area (Å²) in [5, 5.41) is 12.7. The second kappa shape index (κ2) is 5.93. The van der Waals surface area contributed by atoms with Gasteiger partial charge in [0.25, 0.3) is 0 Å². The number of pyridine rings is 2. The first-order chi connectivity index (χ1) is 13.0. The molecule has 3 aromatic heterocycles. The Morgan fingerprint density at radius 1 is 1.30 bits per heavy atom. The minimum atomic E-state index is -0.536. The Bertz CT molecular complexity index is 1070. The minimum absolute atomic E-state index is 0.0203. The van der Waals surface area contributed by atoms with Gasteiger partial charge < -0.3 is 14.7 Å². The van der Waals surface area contributed by atoms with E-state index >= 15 is 0 Å². The van der Waals surface area contributed by atoms with Crippen molar-refractivity contribution in [2.75, 3.05) is 0 Å². The summed E-state index contributed by atoms with van der Waals surface area (Å²) in [4.78, 5) is 20.1. The summed E-state index contributed by atoms with van der Waals surface area (Å²) in [5.41, 5.74) is 1.28. The fourth-order valence-electron chi connectivity index (χ4n) is 6.08. The number of hydrogen-bond acceptors (Lipinski definition) is 3. The zero-order valence-corrected chi connectivity index (χ0v) is 16.0. The van der Waals surface area contributed by atoms with Gasteiger partial charge in [0.2, 0.25) is 0 Å². The SMILES string of the molecule is CCC1(O)CC2CC(C)C(n3ccc(=O)c4cnc5[nH]ccc5c43)C(C2)C1. The fourth-order valence-corrected chi connectivity index (χ4v) is 6.08. The second-order valence-corrected chi connectivity index (χ2v) is 8.90. The third-order valence-electron chi connectivity index (χ3n) is 7.17. The summed E-state index contributed by atoms with van der Waals surface area (Å²) in [6, 6.07) is 3.99. The zero-order valence-electron chi connectivity index (χ0n) is 16.0. The predicted molar refractivity (Wildman–Crippen MR) is 107 cm³/mol. The number of nitrogens with one attached hydrogen (secondary N) is 1. The molecular formula is C22H27N3O2. The largest absolute Gasteiger partial charge is 0.390 e. The smallest absolute Gasteiger partial charge is 0.190 e. The van der Waals surface area contributed by atoms with E-state index in [1.807, 2.05) is 18.5 Å². The van der Waals surface area contributed by atoms with Crippen molar-refractivity contribution in [2.24, 2.45) is 17.8 Å². The van der Waals surface area contributed by atoms with Crippen LogP contribution in [-0.2, 0) is 0 Å². The molecule has 0 amide bonds. The van der Waals surface area contributed by atoms with Crippen LogP contribution >= 0.6 is 0 Å². The maximum atomic E-state index is 12.5. The van der Waals surface area contributed by atoms with Crippen molar-refractivity contribution in [1.82, 2.24) is 14.5 Å². The fraction of sp³-hybridized carbons (Fsp3) is 0.545. The lowest BCUT2D eigenvalue weighted by Crippen LogP contribution is -2.46. The highest BCUT2D eigenvalue weighted by Crippen LogP contribution is 2.52. The molecule has 2 aliphatic rings. The highest BCUT2D eigenvalue weighted by atomic mass is 16.3. The molecule has 5 rings (SSSR count). The van der Waals surface area contributed by atoms with Crippen LogP contribution in [0.5, 0.6) is 0 Å². The molecule has 2 N–H and O–H groups in total. The third kappa shape index (κ3) is 2.55. The molecule has 27 heavy (non-hydrogen) atoms. The molecule has 0 aliphatic heterocycles. The lowest BCUT2D eigenvalue weighted by atomic mass is 9.60. The first-order valence-corrected chi connectivity index (χ1v) is 10.2. The van der Waals surface area contributed by atoms with Crippen molar-refractivity contribution in [2.45, 2.75) is 57.6 Å². The Labute approximate surface area is 158 Å². The van der Waals surface area contributed by atoms with E-state index in [1.165, 1.54) is 6.42 Å². The van der Waals surface area contributed by atoms with Crippen LogP contribution in [0.4, 0.5) is 0 Å². The highest BCUT2D eigenvalue weighted by Gasteiger charge is 2.46. The number of aliphatic hydroxyl groups is 1. The summed E-state index contributed by atoms with van der Waals surface area (Å²) < 4.78 is 2.32. The molecule has 3 heterocycles. The molecule has 142 valence electrons. The molecule has 2 saturated carbocycles. The molecule has 5 atom stereocenters. The first-order valence-electron chi connectivity index (χ1n) is 10.2. The van der Waals surface area contributed by atoms with E-state index in [0.29, 0.717) is 29.2 Å². The lowest BCUT2D eigenvalue weighted by Gasteiger charge is -2.50. The number of fused-ring (bicyclic) bond motifs is 5. The van der Waals surface area contributed by atoms with Gasteiger partial charge in [-0.1, -0.05) is 13.8 Å². The van der Waals surface area contributed by atoms with Crippen LogP contribution in [0.25, 0.3) is 21.9 Å². The average Bonchev–Trinajstić information content (AvgIpc) is 3.11. The molecule has 0 spiro atoms. The minimum Gasteiger partial charge on any atom is -0.390 e. The van der Waals surface area contributed by atoms with Crippen LogP contribution in [0.2, 0.25) is 0 Å². The van der Waals surface area contributed by atoms with Crippen molar-refractivity contribution < 1.29 is 5.11 Å². The van der Waals surface area contributed by atoms with Crippen molar-refractivity contribution >= 4 is 21.9 Å². The molecular weight excluding hydrogens is 338 g/mol. The Morgan fingerprint density at radius 2 is 2.15 bits per heavy atom. The summed E-state index contributed by atoms with van der Waals surface area (Å²) in [7, 11) is 0. The van der Waals surface area contributed by atoms with Crippen LogP contribution in [0.3, 0.4) is 0 Å². The van der Waals surface area contributed by atoms with Gasteiger partial charge in [-0.3, -0.25) is 4.79 Å². The van der Waals surface area contributed by atoms with Crippen LogP contribution in [0.15, 0.2) is 35.5 Å². The normalized spacial score (nSPS) is 33.6. The molecule has 2 fully saturated rings. The Kier molecular flexibility index (Phi) is 3.73. The molecule has 0 aromatic carbocycles. The van der Waals surface area contributed by atoms with Gasteiger partial charge in [0, 0.05) is 36.1 Å². The van der Waals surface area contributed by atoms with E-state index in [-0.39, 0.29) is 5.43 Å². The van der Waals surface area contributed by atoms with Gasteiger partial charge in [0.1, 0.15) is 5.65 Å².